The van der Waals surface area contributed by atoms with Gasteiger partial charge >= 0.3 is 0 Å². The Morgan fingerprint density at radius 2 is 1.82 bits per heavy atom. The van der Waals surface area contributed by atoms with Gasteiger partial charge in [0.25, 0.3) is 0 Å². The number of phenolic OH excluding ortho intramolecular Hbond substituents is 1. The van der Waals surface area contributed by atoms with E-state index in [9.17, 15) is 5.11 Å². The zero-order valence-corrected chi connectivity index (χ0v) is 10.5. The molecule has 0 fully saturated rings. The quantitative estimate of drug-likeness (QED) is 0.869. The Labute approximate surface area is 110 Å². The van der Waals surface area contributed by atoms with Gasteiger partial charge in [0, 0.05) is 18.3 Å². The van der Waals surface area contributed by atoms with Crippen LogP contribution in [0.2, 0.25) is 10.0 Å². The third kappa shape index (κ3) is 3.29. The molecular formula is C13H11Cl2NO. The van der Waals surface area contributed by atoms with Crippen LogP contribution < -0.4 is 5.32 Å². The fraction of sp³-hybridized carbons (Fsp3) is 0.0769. The average molecular weight is 268 g/mol. The molecule has 0 aromatic heterocycles. The molecule has 0 spiro atoms. The number of hydrogen-bond donors (Lipinski definition) is 2. The lowest BCUT2D eigenvalue weighted by Crippen LogP contribution is -1.98. The van der Waals surface area contributed by atoms with Gasteiger partial charge in [-0.25, -0.2) is 0 Å². The zero-order valence-electron chi connectivity index (χ0n) is 8.95. The Morgan fingerprint density at radius 1 is 1.00 bits per heavy atom. The summed E-state index contributed by atoms with van der Waals surface area (Å²) < 4.78 is 0. The molecule has 0 amide bonds. The number of aromatic hydroxyl groups is 1. The van der Waals surface area contributed by atoms with E-state index in [0.29, 0.717) is 16.6 Å². The normalized spacial score (nSPS) is 10.2. The molecule has 0 heterocycles. The van der Waals surface area contributed by atoms with Crippen LogP contribution in [0.5, 0.6) is 5.75 Å². The molecule has 0 radical (unpaired) electrons. The fourth-order valence-electron chi connectivity index (χ4n) is 1.47. The van der Waals surface area contributed by atoms with Gasteiger partial charge in [-0.05, 0) is 29.8 Å². The molecule has 2 N–H and O–H groups in total. The van der Waals surface area contributed by atoms with E-state index in [4.69, 9.17) is 23.2 Å². The van der Waals surface area contributed by atoms with Crippen LogP contribution in [0.15, 0.2) is 42.5 Å². The molecule has 2 nitrogen and oxygen atoms in total. The largest absolute Gasteiger partial charge is 0.508 e. The highest BCUT2D eigenvalue weighted by Crippen LogP contribution is 2.23. The Kier molecular flexibility index (Phi) is 3.77. The molecule has 0 bridgehead atoms. The summed E-state index contributed by atoms with van der Waals surface area (Å²) in [5.41, 5.74) is 1.89. The van der Waals surface area contributed by atoms with E-state index in [0.717, 1.165) is 11.3 Å². The van der Waals surface area contributed by atoms with Gasteiger partial charge in [0.1, 0.15) is 5.75 Å². The standard InChI is InChI=1S/C13H11Cl2NO/c14-12-5-4-9(6-13(12)15)8-16-10-2-1-3-11(17)7-10/h1-7,16-17H,8H2. The van der Waals surface area contributed by atoms with Gasteiger partial charge in [-0.3, -0.25) is 0 Å². The first-order valence-electron chi connectivity index (χ1n) is 5.12. The first-order chi connectivity index (χ1) is 8.15. The van der Waals surface area contributed by atoms with E-state index >= 15 is 0 Å². The summed E-state index contributed by atoms with van der Waals surface area (Å²) in [5.74, 6) is 0.240. The molecule has 88 valence electrons. The Balaban J connectivity index is 2.05. The molecule has 2 aromatic rings. The Hall–Kier alpha value is -1.38. The highest BCUT2D eigenvalue weighted by atomic mass is 35.5. The smallest absolute Gasteiger partial charge is 0.117 e. The molecule has 0 aliphatic rings. The molecule has 0 saturated heterocycles. The number of anilines is 1. The minimum atomic E-state index is 0.240. The molecule has 4 heteroatoms. The summed E-state index contributed by atoms with van der Waals surface area (Å²) in [6.45, 7) is 0.625. The van der Waals surface area contributed by atoms with E-state index in [-0.39, 0.29) is 5.75 Å². The predicted octanol–water partition coefficient (Wildman–Crippen LogP) is 4.31. The summed E-state index contributed by atoms with van der Waals surface area (Å²) in [7, 11) is 0. The molecule has 0 aliphatic carbocycles. The van der Waals surface area contributed by atoms with Crippen LogP contribution in [0.3, 0.4) is 0 Å². The maximum Gasteiger partial charge on any atom is 0.117 e. The van der Waals surface area contributed by atoms with Crippen molar-refractivity contribution in [3.8, 4) is 5.75 Å². The van der Waals surface area contributed by atoms with E-state index < -0.39 is 0 Å². The van der Waals surface area contributed by atoms with Gasteiger partial charge < -0.3 is 10.4 Å². The van der Waals surface area contributed by atoms with Crippen molar-refractivity contribution in [1.82, 2.24) is 0 Å². The van der Waals surface area contributed by atoms with Crippen molar-refractivity contribution in [3.05, 3.63) is 58.1 Å². The van der Waals surface area contributed by atoms with Crippen molar-refractivity contribution >= 4 is 28.9 Å². The van der Waals surface area contributed by atoms with E-state index in [1.807, 2.05) is 18.2 Å². The van der Waals surface area contributed by atoms with Gasteiger partial charge in [0.05, 0.1) is 10.0 Å². The highest BCUT2D eigenvalue weighted by Gasteiger charge is 2.00. The highest BCUT2D eigenvalue weighted by molar-refractivity contribution is 6.42. The van der Waals surface area contributed by atoms with Crippen molar-refractivity contribution in [3.63, 3.8) is 0 Å². The molecule has 17 heavy (non-hydrogen) atoms. The van der Waals surface area contributed by atoms with Crippen LogP contribution in [0.1, 0.15) is 5.56 Å². The maximum absolute atomic E-state index is 9.31. The van der Waals surface area contributed by atoms with Crippen LogP contribution in [-0.4, -0.2) is 5.11 Å². The van der Waals surface area contributed by atoms with E-state index in [1.54, 1.807) is 24.3 Å². The maximum atomic E-state index is 9.31. The lowest BCUT2D eigenvalue weighted by molar-refractivity contribution is 0.475. The monoisotopic (exact) mass is 267 g/mol. The summed E-state index contributed by atoms with van der Waals surface area (Å²) >= 11 is 11.8. The van der Waals surface area contributed by atoms with Crippen molar-refractivity contribution in [2.75, 3.05) is 5.32 Å². The number of rotatable bonds is 3. The molecule has 0 saturated carbocycles. The third-order valence-corrected chi connectivity index (χ3v) is 3.07. The number of nitrogens with one attached hydrogen (secondary N) is 1. The molecule has 2 rings (SSSR count). The molecule has 0 atom stereocenters. The first kappa shape index (κ1) is 12.1. The number of hydrogen-bond acceptors (Lipinski definition) is 2. The number of phenols is 1. The fourth-order valence-corrected chi connectivity index (χ4v) is 1.79. The lowest BCUT2D eigenvalue weighted by Gasteiger charge is -2.07. The Morgan fingerprint density at radius 3 is 2.53 bits per heavy atom. The van der Waals surface area contributed by atoms with E-state index in [1.165, 1.54) is 0 Å². The summed E-state index contributed by atoms with van der Waals surface area (Å²) in [5, 5.41) is 13.6. The molecule has 0 unspecified atom stereocenters. The molecule has 0 aliphatic heterocycles. The molecular weight excluding hydrogens is 257 g/mol. The van der Waals surface area contributed by atoms with Crippen molar-refractivity contribution < 1.29 is 5.11 Å². The van der Waals surface area contributed by atoms with Crippen molar-refractivity contribution in [1.29, 1.82) is 0 Å². The minimum Gasteiger partial charge on any atom is -0.508 e. The predicted molar refractivity (Wildman–Crippen MR) is 71.9 cm³/mol. The average Bonchev–Trinajstić information content (AvgIpc) is 2.31. The molecule has 2 aromatic carbocycles. The van der Waals surface area contributed by atoms with Crippen molar-refractivity contribution in [2.45, 2.75) is 6.54 Å². The van der Waals surface area contributed by atoms with Crippen molar-refractivity contribution in [2.24, 2.45) is 0 Å². The van der Waals surface area contributed by atoms with Crippen LogP contribution in [-0.2, 0) is 6.54 Å². The van der Waals surface area contributed by atoms with Crippen LogP contribution in [0.25, 0.3) is 0 Å². The van der Waals surface area contributed by atoms with E-state index in [2.05, 4.69) is 5.32 Å². The second-order valence-corrected chi connectivity index (χ2v) is 4.47. The van der Waals surface area contributed by atoms with Crippen LogP contribution in [0, 0.1) is 0 Å². The van der Waals surface area contributed by atoms with Gasteiger partial charge in [-0.15, -0.1) is 0 Å². The van der Waals surface area contributed by atoms with Gasteiger partial charge in [-0.1, -0.05) is 35.3 Å². The van der Waals surface area contributed by atoms with Crippen LogP contribution in [0.4, 0.5) is 5.69 Å². The number of halogens is 2. The topological polar surface area (TPSA) is 32.3 Å². The second kappa shape index (κ2) is 5.30. The minimum absolute atomic E-state index is 0.240. The first-order valence-corrected chi connectivity index (χ1v) is 5.87. The SMILES string of the molecule is Oc1cccc(NCc2ccc(Cl)c(Cl)c2)c1. The second-order valence-electron chi connectivity index (χ2n) is 3.65. The number of benzene rings is 2. The van der Waals surface area contributed by atoms with Gasteiger partial charge in [-0.2, -0.15) is 0 Å². The zero-order chi connectivity index (χ0) is 12.3. The summed E-state index contributed by atoms with van der Waals surface area (Å²) in [6, 6.07) is 12.5. The van der Waals surface area contributed by atoms with Crippen LogP contribution >= 0.6 is 23.2 Å². The lowest BCUT2D eigenvalue weighted by atomic mass is 10.2. The Bertz CT molecular complexity index is 529. The van der Waals surface area contributed by atoms with Gasteiger partial charge in [0.2, 0.25) is 0 Å². The third-order valence-electron chi connectivity index (χ3n) is 2.33. The summed E-state index contributed by atoms with van der Waals surface area (Å²) in [4.78, 5) is 0. The summed E-state index contributed by atoms with van der Waals surface area (Å²) in [6.07, 6.45) is 0. The van der Waals surface area contributed by atoms with Gasteiger partial charge in [0.15, 0.2) is 0 Å².